The van der Waals surface area contributed by atoms with E-state index in [4.69, 9.17) is 9.52 Å². The molecule has 0 radical (unpaired) electrons. The van der Waals surface area contributed by atoms with Crippen LogP contribution in [0.5, 0.6) is 0 Å². The first-order valence-electron chi connectivity index (χ1n) is 7.19. The summed E-state index contributed by atoms with van der Waals surface area (Å²) in [6.07, 6.45) is 1.23. The summed E-state index contributed by atoms with van der Waals surface area (Å²) in [6, 6.07) is 6.30. The number of hydrogen-bond donors (Lipinski definition) is 2. The number of nitro groups is 1. The van der Waals surface area contributed by atoms with Crippen LogP contribution in [0.15, 0.2) is 34.9 Å². The van der Waals surface area contributed by atoms with Gasteiger partial charge in [-0.2, -0.15) is 0 Å². The van der Waals surface area contributed by atoms with Crippen LogP contribution in [0.3, 0.4) is 0 Å². The Kier molecular flexibility index (Phi) is 5.31. The fourth-order valence-corrected chi connectivity index (χ4v) is 2.37. The number of aryl methyl sites for hydroxylation is 1. The second-order valence-corrected chi connectivity index (χ2v) is 5.18. The number of nitrogens with one attached hydrogen (secondary N) is 1. The van der Waals surface area contributed by atoms with Crippen molar-refractivity contribution in [3.63, 3.8) is 0 Å². The van der Waals surface area contributed by atoms with E-state index in [1.807, 2.05) is 0 Å². The molecule has 0 fully saturated rings. The zero-order valence-electron chi connectivity index (χ0n) is 12.9. The van der Waals surface area contributed by atoms with E-state index in [0.717, 1.165) is 0 Å². The zero-order chi connectivity index (χ0) is 17.7. The number of hydrogen-bond acceptors (Lipinski definition) is 5. The molecule has 0 aliphatic rings. The molecule has 24 heavy (non-hydrogen) atoms. The summed E-state index contributed by atoms with van der Waals surface area (Å²) in [5, 5.41) is 22.4. The largest absolute Gasteiger partial charge is 0.481 e. The highest BCUT2D eigenvalue weighted by molar-refractivity contribution is 5.97. The summed E-state index contributed by atoms with van der Waals surface area (Å²) in [5.41, 5.74) is 1.24. The molecule has 0 aliphatic carbocycles. The van der Waals surface area contributed by atoms with E-state index in [1.54, 1.807) is 25.1 Å². The Labute approximate surface area is 137 Å². The van der Waals surface area contributed by atoms with Crippen molar-refractivity contribution in [1.29, 1.82) is 0 Å². The van der Waals surface area contributed by atoms with E-state index in [1.165, 1.54) is 12.3 Å². The van der Waals surface area contributed by atoms with Crippen LogP contribution in [0.25, 0.3) is 0 Å². The molecule has 1 heterocycles. The van der Waals surface area contributed by atoms with Crippen LogP contribution in [0, 0.1) is 17.0 Å². The summed E-state index contributed by atoms with van der Waals surface area (Å²) in [4.78, 5) is 33.5. The van der Waals surface area contributed by atoms with Crippen molar-refractivity contribution in [3.05, 3.63) is 63.1 Å². The Bertz CT molecular complexity index is 781. The van der Waals surface area contributed by atoms with Crippen molar-refractivity contribution in [1.82, 2.24) is 5.32 Å². The van der Waals surface area contributed by atoms with E-state index in [2.05, 4.69) is 5.32 Å². The normalized spacial score (nSPS) is 10.4. The van der Waals surface area contributed by atoms with Gasteiger partial charge in [0.25, 0.3) is 11.6 Å². The predicted octanol–water partition coefficient (Wildman–Crippen LogP) is 2.10. The lowest BCUT2D eigenvalue weighted by atomic mass is 10.1. The van der Waals surface area contributed by atoms with Crippen LogP contribution < -0.4 is 5.32 Å². The molecule has 126 valence electrons. The third-order valence-electron chi connectivity index (χ3n) is 3.46. The number of rotatable bonds is 7. The lowest BCUT2D eigenvalue weighted by molar-refractivity contribution is -0.385. The molecule has 2 N–H and O–H groups in total. The van der Waals surface area contributed by atoms with Crippen molar-refractivity contribution < 1.29 is 24.0 Å². The highest BCUT2D eigenvalue weighted by Crippen LogP contribution is 2.19. The molecule has 2 rings (SSSR count). The van der Waals surface area contributed by atoms with Crippen LogP contribution >= 0.6 is 0 Å². The van der Waals surface area contributed by atoms with Gasteiger partial charge in [-0.25, -0.2) is 0 Å². The van der Waals surface area contributed by atoms with E-state index < -0.39 is 16.8 Å². The molecule has 0 atom stereocenters. The fraction of sp³-hybridized carbons (Fsp3) is 0.250. The summed E-state index contributed by atoms with van der Waals surface area (Å²) in [5.74, 6) is -1.47. The Morgan fingerprint density at radius 3 is 2.71 bits per heavy atom. The number of nitrogens with zero attached hydrogens (tertiary/aromatic N) is 1. The molecule has 0 unspecified atom stereocenters. The Hall–Kier alpha value is -3.16. The second-order valence-electron chi connectivity index (χ2n) is 5.18. The third-order valence-corrected chi connectivity index (χ3v) is 3.46. The van der Waals surface area contributed by atoms with Crippen LogP contribution in [-0.4, -0.2) is 28.5 Å². The van der Waals surface area contributed by atoms with Gasteiger partial charge in [-0.05, 0) is 13.3 Å². The van der Waals surface area contributed by atoms with E-state index in [9.17, 15) is 19.7 Å². The number of carboxylic acids is 1. The van der Waals surface area contributed by atoms with E-state index in [-0.39, 0.29) is 36.4 Å². The number of nitro benzene ring substituents is 1. The van der Waals surface area contributed by atoms with Gasteiger partial charge < -0.3 is 14.8 Å². The molecule has 0 bridgehead atoms. The molecule has 8 nitrogen and oxygen atoms in total. The number of para-hydroxylation sites is 1. The molecule has 0 saturated carbocycles. The maximum absolute atomic E-state index is 12.2. The molecule has 8 heteroatoms. The van der Waals surface area contributed by atoms with Crippen LogP contribution in [-0.2, 0) is 17.6 Å². The van der Waals surface area contributed by atoms with E-state index >= 15 is 0 Å². The third kappa shape index (κ3) is 3.97. The number of benzene rings is 1. The van der Waals surface area contributed by atoms with E-state index in [0.29, 0.717) is 11.1 Å². The molecule has 2 aromatic rings. The smallest absolute Gasteiger partial charge is 0.311 e. The van der Waals surface area contributed by atoms with Gasteiger partial charge in [0.15, 0.2) is 0 Å². The van der Waals surface area contributed by atoms with Crippen molar-refractivity contribution >= 4 is 17.6 Å². The number of amides is 1. The molecular formula is C16H16N2O6. The number of carbonyl (C=O) groups excluding carboxylic acids is 1. The minimum Gasteiger partial charge on any atom is -0.481 e. The number of furan rings is 1. The highest BCUT2D eigenvalue weighted by Gasteiger charge is 2.20. The number of aliphatic carboxylic acids is 1. The van der Waals surface area contributed by atoms with Gasteiger partial charge in [-0.3, -0.25) is 19.7 Å². The van der Waals surface area contributed by atoms with Crippen LogP contribution in [0.2, 0.25) is 0 Å². The standard InChI is InChI=1S/C16H16N2O6/c1-10-9-24-13(8-14(19)20)15(10)16(21)17-7-6-11-4-2-3-5-12(11)18(22)23/h2-5,9H,6-8H2,1H3,(H,17,21)(H,19,20). The average Bonchev–Trinajstić information content (AvgIpc) is 2.87. The summed E-state index contributed by atoms with van der Waals surface area (Å²) < 4.78 is 5.11. The quantitative estimate of drug-likeness (QED) is 0.591. The lowest BCUT2D eigenvalue weighted by Crippen LogP contribution is -2.27. The molecule has 1 aromatic carbocycles. The maximum Gasteiger partial charge on any atom is 0.311 e. The van der Waals surface area contributed by atoms with Gasteiger partial charge in [0.2, 0.25) is 0 Å². The van der Waals surface area contributed by atoms with Crippen LogP contribution in [0.1, 0.15) is 27.2 Å². The van der Waals surface area contributed by atoms with Gasteiger partial charge in [-0.1, -0.05) is 18.2 Å². The number of carbonyl (C=O) groups is 2. The van der Waals surface area contributed by atoms with Gasteiger partial charge in [0.05, 0.1) is 16.7 Å². The summed E-state index contributed by atoms with van der Waals surface area (Å²) >= 11 is 0. The monoisotopic (exact) mass is 332 g/mol. The minimum absolute atomic E-state index is 0.00203. The molecule has 1 aromatic heterocycles. The van der Waals surface area contributed by atoms with Crippen molar-refractivity contribution in [2.24, 2.45) is 0 Å². The molecule has 0 saturated heterocycles. The molecular weight excluding hydrogens is 316 g/mol. The lowest BCUT2D eigenvalue weighted by Gasteiger charge is -2.06. The summed E-state index contributed by atoms with van der Waals surface area (Å²) in [6.45, 7) is 1.83. The molecule has 0 aliphatic heterocycles. The van der Waals surface area contributed by atoms with Gasteiger partial charge in [0, 0.05) is 23.7 Å². The summed E-state index contributed by atoms with van der Waals surface area (Å²) in [7, 11) is 0. The van der Waals surface area contributed by atoms with Gasteiger partial charge >= 0.3 is 5.97 Å². The maximum atomic E-state index is 12.2. The predicted molar refractivity (Wildman–Crippen MR) is 83.9 cm³/mol. The van der Waals surface area contributed by atoms with Gasteiger partial charge in [0.1, 0.15) is 12.2 Å². The topological polar surface area (TPSA) is 123 Å². The average molecular weight is 332 g/mol. The molecule has 0 spiro atoms. The highest BCUT2D eigenvalue weighted by atomic mass is 16.6. The first kappa shape index (κ1) is 17.2. The second kappa shape index (κ2) is 7.40. The molecule has 1 amide bonds. The first-order valence-corrected chi connectivity index (χ1v) is 7.19. The van der Waals surface area contributed by atoms with Crippen LogP contribution in [0.4, 0.5) is 5.69 Å². The van der Waals surface area contributed by atoms with Crippen molar-refractivity contribution in [2.45, 2.75) is 19.8 Å². The SMILES string of the molecule is Cc1coc(CC(=O)O)c1C(=O)NCCc1ccccc1[N+](=O)[O-]. The van der Waals surface area contributed by atoms with Crippen molar-refractivity contribution in [2.75, 3.05) is 6.54 Å². The number of carboxylic acid groups (broad SMARTS) is 1. The van der Waals surface area contributed by atoms with Gasteiger partial charge in [-0.15, -0.1) is 0 Å². The fourth-order valence-electron chi connectivity index (χ4n) is 2.37. The Balaban J connectivity index is 2.03. The van der Waals surface area contributed by atoms with Crippen molar-refractivity contribution in [3.8, 4) is 0 Å². The zero-order valence-corrected chi connectivity index (χ0v) is 12.9. The first-order chi connectivity index (χ1) is 11.4. The Morgan fingerprint density at radius 2 is 2.04 bits per heavy atom. The minimum atomic E-state index is -1.10. The Morgan fingerprint density at radius 1 is 1.33 bits per heavy atom.